The number of rotatable bonds is 3. The maximum absolute atomic E-state index is 13.7. The first-order valence-corrected chi connectivity index (χ1v) is 6.23. The van der Waals surface area contributed by atoms with Crippen molar-refractivity contribution >= 4 is 29.0 Å². The Bertz CT molecular complexity index is 648. The normalized spacial score (nSPS) is 10.2. The standard InChI is InChI=1S/C15H11ClFNO2/c1-9(19)18-11-7-5-10(6-8-11)15(20)14-12(16)3-2-4-13(14)17/h2-8H,1H3,(H,18,19). The van der Waals surface area contributed by atoms with Crippen molar-refractivity contribution in [2.45, 2.75) is 6.92 Å². The largest absolute Gasteiger partial charge is 0.326 e. The summed E-state index contributed by atoms with van der Waals surface area (Å²) in [6.45, 7) is 1.39. The number of hydrogen-bond donors (Lipinski definition) is 1. The molecule has 1 N–H and O–H groups in total. The van der Waals surface area contributed by atoms with Gasteiger partial charge in [0.2, 0.25) is 5.91 Å². The number of halogens is 2. The van der Waals surface area contributed by atoms with Crippen LogP contribution in [0.1, 0.15) is 22.8 Å². The Morgan fingerprint density at radius 2 is 1.75 bits per heavy atom. The predicted molar refractivity (Wildman–Crippen MR) is 75.6 cm³/mol. The minimum Gasteiger partial charge on any atom is -0.326 e. The SMILES string of the molecule is CC(=O)Nc1ccc(C(=O)c2c(F)cccc2Cl)cc1. The van der Waals surface area contributed by atoms with Crippen LogP contribution in [-0.4, -0.2) is 11.7 Å². The summed E-state index contributed by atoms with van der Waals surface area (Å²) in [5.74, 6) is -1.36. The van der Waals surface area contributed by atoms with Crippen molar-refractivity contribution in [3.8, 4) is 0 Å². The van der Waals surface area contributed by atoms with Gasteiger partial charge in [-0.15, -0.1) is 0 Å². The molecule has 2 rings (SSSR count). The molecule has 0 fully saturated rings. The lowest BCUT2D eigenvalue weighted by Crippen LogP contribution is -2.07. The highest BCUT2D eigenvalue weighted by atomic mass is 35.5. The fraction of sp³-hybridized carbons (Fsp3) is 0.0667. The minimum atomic E-state index is -0.659. The molecule has 3 nitrogen and oxygen atoms in total. The van der Waals surface area contributed by atoms with Gasteiger partial charge in [0, 0.05) is 18.2 Å². The first-order chi connectivity index (χ1) is 9.49. The van der Waals surface area contributed by atoms with Gasteiger partial charge in [0.05, 0.1) is 10.6 Å². The van der Waals surface area contributed by atoms with Crippen LogP contribution in [0.2, 0.25) is 5.02 Å². The topological polar surface area (TPSA) is 46.2 Å². The van der Waals surface area contributed by atoms with Crippen LogP contribution in [0.3, 0.4) is 0 Å². The molecule has 102 valence electrons. The van der Waals surface area contributed by atoms with Gasteiger partial charge in [-0.3, -0.25) is 9.59 Å². The fourth-order valence-electron chi connectivity index (χ4n) is 1.77. The molecule has 0 saturated heterocycles. The number of hydrogen-bond acceptors (Lipinski definition) is 2. The fourth-order valence-corrected chi connectivity index (χ4v) is 2.02. The van der Waals surface area contributed by atoms with E-state index in [1.165, 1.54) is 37.3 Å². The maximum Gasteiger partial charge on any atom is 0.221 e. The molecule has 0 atom stereocenters. The highest BCUT2D eigenvalue weighted by Crippen LogP contribution is 2.23. The summed E-state index contributed by atoms with van der Waals surface area (Å²) in [6, 6.07) is 10.3. The number of ketones is 1. The van der Waals surface area contributed by atoms with Crippen molar-refractivity contribution in [3.63, 3.8) is 0 Å². The molecule has 0 radical (unpaired) electrons. The average Bonchev–Trinajstić information content (AvgIpc) is 2.38. The van der Waals surface area contributed by atoms with Gasteiger partial charge in [0.25, 0.3) is 0 Å². The number of amides is 1. The van der Waals surface area contributed by atoms with E-state index in [9.17, 15) is 14.0 Å². The van der Waals surface area contributed by atoms with E-state index in [1.807, 2.05) is 0 Å². The zero-order chi connectivity index (χ0) is 14.7. The van der Waals surface area contributed by atoms with Crippen LogP contribution in [-0.2, 0) is 4.79 Å². The van der Waals surface area contributed by atoms with Gasteiger partial charge < -0.3 is 5.32 Å². The lowest BCUT2D eigenvalue weighted by atomic mass is 10.0. The molecule has 0 aliphatic carbocycles. The maximum atomic E-state index is 13.7. The van der Waals surface area contributed by atoms with Crippen molar-refractivity contribution in [1.82, 2.24) is 0 Å². The van der Waals surface area contributed by atoms with Gasteiger partial charge >= 0.3 is 0 Å². The number of carbonyl (C=O) groups excluding carboxylic acids is 2. The van der Waals surface area contributed by atoms with Crippen LogP contribution in [0.25, 0.3) is 0 Å². The monoisotopic (exact) mass is 291 g/mol. The third-order valence-electron chi connectivity index (χ3n) is 2.66. The third kappa shape index (κ3) is 3.03. The third-order valence-corrected chi connectivity index (χ3v) is 2.97. The Hall–Kier alpha value is -2.20. The Balaban J connectivity index is 2.32. The van der Waals surface area contributed by atoms with Crippen LogP contribution in [0.15, 0.2) is 42.5 Å². The Kier molecular flexibility index (Phi) is 4.15. The molecule has 0 saturated carbocycles. The smallest absolute Gasteiger partial charge is 0.221 e. The van der Waals surface area contributed by atoms with Gasteiger partial charge in [0.15, 0.2) is 5.78 Å². The molecular weight excluding hydrogens is 281 g/mol. The van der Waals surface area contributed by atoms with Crippen LogP contribution in [0.4, 0.5) is 10.1 Å². The molecular formula is C15H11ClFNO2. The summed E-state index contributed by atoms with van der Waals surface area (Å²) < 4.78 is 13.7. The van der Waals surface area contributed by atoms with E-state index in [2.05, 4.69) is 5.32 Å². The molecule has 20 heavy (non-hydrogen) atoms. The van der Waals surface area contributed by atoms with Crippen LogP contribution >= 0.6 is 11.6 Å². The minimum absolute atomic E-state index is 0.0703. The molecule has 0 bridgehead atoms. The second-order valence-corrected chi connectivity index (χ2v) is 4.59. The number of nitrogens with one attached hydrogen (secondary N) is 1. The summed E-state index contributed by atoms with van der Waals surface area (Å²) in [7, 11) is 0. The van der Waals surface area contributed by atoms with Crippen molar-refractivity contribution < 1.29 is 14.0 Å². The lowest BCUT2D eigenvalue weighted by molar-refractivity contribution is -0.114. The van der Waals surface area contributed by atoms with Gasteiger partial charge in [-0.05, 0) is 36.4 Å². The Morgan fingerprint density at radius 3 is 2.30 bits per heavy atom. The van der Waals surface area contributed by atoms with E-state index in [-0.39, 0.29) is 16.5 Å². The summed E-state index contributed by atoms with van der Waals surface area (Å²) >= 11 is 5.86. The van der Waals surface area contributed by atoms with Crippen molar-refractivity contribution in [3.05, 3.63) is 64.4 Å². The second-order valence-electron chi connectivity index (χ2n) is 4.18. The van der Waals surface area contributed by atoms with E-state index in [0.717, 1.165) is 0 Å². The molecule has 0 spiro atoms. The molecule has 0 aliphatic rings. The van der Waals surface area contributed by atoms with Gasteiger partial charge in [-0.2, -0.15) is 0 Å². The quantitative estimate of drug-likeness (QED) is 0.877. The summed E-state index contributed by atoms with van der Waals surface area (Å²) in [6.07, 6.45) is 0. The molecule has 0 aromatic heterocycles. The van der Waals surface area contributed by atoms with E-state index in [0.29, 0.717) is 11.3 Å². The lowest BCUT2D eigenvalue weighted by Gasteiger charge is -2.06. The van der Waals surface area contributed by atoms with E-state index < -0.39 is 11.6 Å². The van der Waals surface area contributed by atoms with Crippen LogP contribution < -0.4 is 5.32 Å². The summed E-state index contributed by atoms with van der Waals surface area (Å²) in [4.78, 5) is 23.1. The van der Waals surface area contributed by atoms with Crippen LogP contribution in [0.5, 0.6) is 0 Å². The summed E-state index contributed by atoms with van der Waals surface area (Å²) in [5, 5.41) is 2.65. The van der Waals surface area contributed by atoms with E-state index >= 15 is 0 Å². The Morgan fingerprint density at radius 1 is 1.10 bits per heavy atom. The highest BCUT2D eigenvalue weighted by Gasteiger charge is 2.17. The molecule has 2 aromatic rings. The van der Waals surface area contributed by atoms with Gasteiger partial charge in [-0.25, -0.2) is 4.39 Å². The summed E-state index contributed by atoms with van der Waals surface area (Å²) in [5.41, 5.74) is 0.709. The molecule has 0 unspecified atom stereocenters. The first kappa shape index (κ1) is 14.2. The number of benzene rings is 2. The highest BCUT2D eigenvalue weighted by molar-refractivity contribution is 6.35. The van der Waals surface area contributed by atoms with Gasteiger partial charge in [0.1, 0.15) is 5.82 Å². The number of carbonyl (C=O) groups is 2. The molecule has 0 heterocycles. The second kappa shape index (κ2) is 5.84. The zero-order valence-electron chi connectivity index (χ0n) is 10.6. The van der Waals surface area contributed by atoms with Crippen molar-refractivity contribution in [1.29, 1.82) is 0 Å². The zero-order valence-corrected chi connectivity index (χ0v) is 11.4. The molecule has 0 aliphatic heterocycles. The van der Waals surface area contributed by atoms with Crippen LogP contribution in [0, 0.1) is 5.82 Å². The van der Waals surface area contributed by atoms with Crippen molar-refractivity contribution in [2.75, 3.05) is 5.32 Å². The molecule has 1 amide bonds. The molecule has 5 heteroatoms. The van der Waals surface area contributed by atoms with E-state index in [1.54, 1.807) is 12.1 Å². The number of anilines is 1. The van der Waals surface area contributed by atoms with Crippen molar-refractivity contribution in [2.24, 2.45) is 0 Å². The van der Waals surface area contributed by atoms with E-state index in [4.69, 9.17) is 11.6 Å². The first-order valence-electron chi connectivity index (χ1n) is 5.85. The predicted octanol–water partition coefficient (Wildman–Crippen LogP) is 3.67. The molecule has 2 aromatic carbocycles. The Labute approximate surface area is 120 Å². The van der Waals surface area contributed by atoms with Gasteiger partial charge in [-0.1, -0.05) is 17.7 Å². The average molecular weight is 292 g/mol.